The molecule has 0 unspecified atom stereocenters. The summed E-state index contributed by atoms with van der Waals surface area (Å²) in [7, 11) is 0. The summed E-state index contributed by atoms with van der Waals surface area (Å²) < 4.78 is 10.8. The highest BCUT2D eigenvalue weighted by molar-refractivity contribution is 5.29. The minimum absolute atomic E-state index is 0.250. The Kier molecular flexibility index (Phi) is 5.72. The SMILES string of the molecule is CC(C)CCOCCOc1ccc(O)cc1. The largest absolute Gasteiger partial charge is 0.508 e. The van der Waals surface area contributed by atoms with Crippen LogP contribution in [0.4, 0.5) is 0 Å². The van der Waals surface area contributed by atoms with Crippen LogP contribution in [0.25, 0.3) is 0 Å². The third-order valence-corrected chi connectivity index (χ3v) is 2.17. The lowest BCUT2D eigenvalue weighted by molar-refractivity contribution is 0.0926. The fraction of sp³-hybridized carbons (Fsp3) is 0.538. The van der Waals surface area contributed by atoms with Crippen LogP contribution in [-0.2, 0) is 4.74 Å². The summed E-state index contributed by atoms with van der Waals surface area (Å²) in [5.41, 5.74) is 0. The Bertz CT molecular complexity index is 280. The molecule has 1 aromatic carbocycles. The molecule has 0 fully saturated rings. The summed E-state index contributed by atoms with van der Waals surface area (Å²) in [6.07, 6.45) is 1.08. The van der Waals surface area contributed by atoms with Gasteiger partial charge in [-0.3, -0.25) is 0 Å². The summed E-state index contributed by atoms with van der Waals surface area (Å²) in [4.78, 5) is 0. The molecule has 0 aromatic heterocycles. The van der Waals surface area contributed by atoms with Crippen molar-refractivity contribution in [1.29, 1.82) is 0 Å². The lowest BCUT2D eigenvalue weighted by atomic mass is 10.1. The fourth-order valence-electron chi connectivity index (χ4n) is 1.18. The molecule has 1 rings (SSSR count). The highest BCUT2D eigenvalue weighted by atomic mass is 16.5. The molecule has 3 heteroatoms. The third-order valence-electron chi connectivity index (χ3n) is 2.17. The third kappa shape index (κ3) is 5.61. The summed E-state index contributed by atoms with van der Waals surface area (Å²) >= 11 is 0. The molecule has 0 aliphatic rings. The minimum Gasteiger partial charge on any atom is -0.508 e. The Balaban J connectivity index is 2.05. The van der Waals surface area contributed by atoms with Crippen molar-refractivity contribution < 1.29 is 14.6 Å². The van der Waals surface area contributed by atoms with Gasteiger partial charge in [-0.15, -0.1) is 0 Å². The molecule has 1 N–H and O–H groups in total. The van der Waals surface area contributed by atoms with Crippen LogP contribution in [0.5, 0.6) is 11.5 Å². The monoisotopic (exact) mass is 224 g/mol. The molecule has 0 atom stereocenters. The minimum atomic E-state index is 0.250. The second kappa shape index (κ2) is 7.12. The number of rotatable bonds is 7. The van der Waals surface area contributed by atoms with Crippen LogP contribution in [0.15, 0.2) is 24.3 Å². The van der Waals surface area contributed by atoms with Gasteiger partial charge in [-0.25, -0.2) is 0 Å². The van der Waals surface area contributed by atoms with Crippen molar-refractivity contribution in [2.24, 2.45) is 5.92 Å². The molecular weight excluding hydrogens is 204 g/mol. The van der Waals surface area contributed by atoms with E-state index in [1.54, 1.807) is 24.3 Å². The number of hydrogen-bond donors (Lipinski definition) is 1. The molecule has 3 nitrogen and oxygen atoms in total. The van der Waals surface area contributed by atoms with Crippen molar-refractivity contribution in [1.82, 2.24) is 0 Å². The van der Waals surface area contributed by atoms with Crippen molar-refractivity contribution in [3.8, 4) is 11.5 Å². The molecule has 16 heavy (non-hydrogen) atoms. The highest BCUT2D eigenvalue weighted by Gasteiger charge is 1.96. The summed E-state index contributed by atoms with van der Waals surface area (Å²) in [5, 5.41) is 9.07. The molecule has 0 bridgehead atoms. The molecule has 90 valence electrons. The fourth-order valence-corrected chi connectivity index (χ4v) is 1.18. The van der Waals surface area contributed by atoms with Crippen LogP contribution in [-0.4, -0.2) is 24.9 Å². The predicted molar refractivity (Wildman–Crippen MR) is 63.9 cm³/mol. The van der Waals surface area contributed by atoms with Crippen LogP contribution in [0, 0.1) is 5.92 Å². The molecule has 0 spiro atoms. The Morgan fingerprint density at radius 3 is 2.38 bits per heavy atom. The lowest BCUT2D eigenvalue weighted by Gasteiger charge is -2.08. The van der Waals surface area contributed by atoms with E-state index >= 15 is 0 Å². The summed E-state index contributed by atoms with van der Waals surface area (Å²) in [6.45, 7) is 6.29. The topological polar surface area (TPSA) is 38.7 Å². The van der Waals surface area contributed by atoms with Crippen LogP contribution in [0.1, 0.15) is 20.3 Å². The van der Waals surface area contributed by atoms with Gasteiger partial charge in [-0.2, -0.15) is 0 Å². The molecule has 1 aromatic rings. The van der Waals surface area contributed by atoms with Gasteiger partial charge in [0.2, 0.25) is 0 Å². The van der Waals surface area contributed by atoms with E-state index in [9.17, 15) is 0 Å². The van der Waals surface area contributed by atoms with E-state index in [2.05, 4.69) is 13.8 Å². The second-order valence-electron chi connectivity index (χ2n) is 4.14. The Morgan fingerprint density at radius 2 is 1.75 bits per heavy atom. The first-order valence-electron chi connectivity index (χ1n) is 5.68. The van der Waals surface area contributed by atoms with Gasteiger partial charge in [0.05, 0.1) is 6.61 Å². The summed E-state index contributed by atoms with van der Waals surface area (Å²) in [6, 6.07) is 6.69. The van der Waals surface area contributed by atoms with Crippen LogP contribution in [0.3, 0.4) is 0 Å². The number of ether oxygens (including phenoxy) is 2. The number of benzene rings is 1. The number of aromatic hydroxyl groups is 1. The van der Waals surface area contributed by atoms with Crippen LogP contribution < -0.4 is 4.74 Å². The molecular formula is C13H20O3. The Labute approximate surface area is 97.0 Å². The maximum absolute atomic E-state index is 9.07. The molecule has 0 saturated carbocycles. The first kappa shape index (κ1) is 12.8. The van der Waals surface area contributed by atoms with Crippen LogP contribution in [0.2, 0.25) is 0 Å². The maximum atomic E-state index is 9.07. The van der Waals surface area contributed by atoms with Crippen molar-refractivity contribution in [2.75, 3.05) is 19.8 Å². The molecule has 0 radical (unpaired) electrons. The van der Waals surface area contributed by atoms with E-state index < -0.39 is 0 Å². The molecule has 0 aliphatic heterocycles. The predicted octanol–water partition coefficient (Wildman–Crippen LogP) is 2.83. The van der Waals surface area contributed by atoms with Gasteiger partial charge >= 0.3 is 0 Å². The second-order valence-corrected chi connectivity index (χ2v) is 4.14. The average molecular weight is 224 g/mol. The lowest BCUT2D eigenvalue weighted by Crippen LogP contribution is -2.08. The smallest absolute Gasteiger partial charge is 0.119 e. The zero-order chi connectivity index (χ0) is 11.8. The van der Waals surface area contributed by atoms with E-state index in [-0.39, 0.29) is 5.75 Å². The van der Waals surface area contributed by atoms with Gasteiger partial charge in [0.15, 0.2) is 0 Å². The van der Waals surface area contributed by atoms with E-state index in [0.29, 0.717) is 19.1 Å². The van der Waals surface area contributed by atoms with Gasteiger partial charge in [0, 0.05) is 6.61 Å². The van der Waals surface area contributed by atoms with Gasteiger partial charge in [-0.1, -0.05) is 13.8 Å². The quantitative estimate of drug-likeness (QED) is 0.724. The Hall–Kier alpha value is -1.22. The van der Waals surface area contributed by atoms with E-state index in [1.807, 2.05) is 0 Å². The van der Waals surface area contributed by atoms with Crippen molar-refractivity contribution in [3.05, 3.63) is 24.3 Å². The van der Waals surface area contributed by atoms with Gasteiger partial charge in [-0.05, 0) is 36.6 Å². The van der Waals surface area contributed by atoms with Crippen LogP contribution >= 0.6 is 0 Å². The van der Waals surface area contributed by atoms with E-state index in [4.69, 9.17) is 14.6 Å². The normalized spacial score (nSPS) is 10.7. The van der Waals surface area contributed by atoms with Crippen molar-refractivity contribution >= 4 is 0 Å². The average Bonchev–Trinajstić information content (AvgIpc) is 2.25. The van der Waals surface area contributed by atoms with Gasteiger partial charge < -0.3 is 14.6 Å². The molecule has 0 amide bonds. The van der Waals surface area contributed by atoms with E-state index in [0.717, 1.165) is 18.8 Å². The van der Waals surface area contributed by atoms with Crippen molar-refractivity contribution in [3.63, 3.8) is 0 Å². The number of phenols is 1. The molecule has 0 heterocycles. The first-order chi connectivity index (χ1) is 7.68. The standard InChI is InChI=1S/C13H20O3/c1-11(2)7-8-15-9-10-16-13-5-3-12(14)4-6-13/h3-6,11,14H,7-10H2,1-2H3. The number of phenolic OH excluding ortho intramolecular Hbond substituents is 1. The molecule has 0 saturated heterocycles. The molecule has 0 aliphatic carbocycles. The Morgan fingerprint density at radius 1 is 1.06 bits per heavy atom. The number of hydrogen-bond acceptors (Lipinski definition) is 3. The first-order valence-corrected chi connectivity index (χ1v) is 5.68. The van der Waals surface area contributed by atoms with Gasteiger partial charge in [0.1, 0.15) is 18.1 Å². The van der Waals surface area contributed by atoms with Gasteiger partial charge in [0.25, 0.3) is 0 Å². The highest BCUT2D eigenvalue weighted by Crippen LogP contribution is 2.15. The zero-order valence-corrected chi connectivity index (χ0v) is 9.98. The van der Waals surface area contributed by atoms with Crippen molar-refractivity contribution in [2.45, 2.75) is 20.3 Å². The maximum Gasteiger partial charge on any atom is 0.119 e. The van der Waals surface area contributed by atoms with E-state index in [1.165, 1.54) is 0 Å². The summed E-state index contributed by atoms with van der Waals surface area (Å²) in [5.74, 6) is 1.68. The zero-order valence-electron chi connectivity index (χ0n) is 9.98.